The number of allylic oxidation sites excluding steroid dienone is 1. The second-order valence-electron chi connectivity index (χ2n) is 6.00. The van der Waals surface area contributed by atoms with Gasteiger partial charge in [0.2, 0.25) is 0 Å². The molecule has 0 amide bonds. The lowest BCUT2D eigenvalue weighted by atomic mass is 10.0. The summed E-state index contributed by atoms with van der Waals surface area (Å²) in [6.07, 6.45) is 9.73. The fourth-order valence-corrected chi connectivity index (χ4v) is 2.65. The van der Waals surface area contributed by atoms with E-state index < -0.39 is 0 Å². The van der Waals surface area contributed by atoms with Gasteiger partial charge in [0.05, 0.1) is 12.9 Å². The van der Waals surface area contributed by atoms with E-state index in [0.29, 0.717) is 0 Å². The van der Waals surface area contributed by atoms with Crippen LogP contribution in [0.5, 0.6) is 0 Å². The molecule has 22 heavy (non-hydrogen) atoms. The summed E-state index contributed by atoms with van der Waals surface area (Å²) in [6.45, 7) is 5.20. The lowest BCUT2D eigenvalue weighted by molar-refractivity contribution is 0.241. The summed E-state index contributed by atoms with van der Waals surface area (Å²) in [5.41, 5.74) is 2.43. The molecule has 2 aromatic rings. The van der Waals surface area contributed by atoms with Crippen LogP contribution in [-0.4, -0.2) is 6.61 Å². The summed E-state index contributed by atoms with van der Waals surface area (Å²) in [4.78, 5) is 0. The van der Waals surface area contributed by atoms with Crippen LogP contribution in [0.3, 0.4) is 0 Å². The number of rotatable bonds is 9. The van der Waals surface area contributed by atoms with E-state index in [0.717, 1.165) is 13.0 Å². The van der Waals surface area contributed by atoms with E-state index in [-0.39, 0.29) is 0 Å². The van der Waals surface area contributed by atoms with Gasteiger partial charge in [-0.1, -0.05) is 75.4 Å². The van der Waals surface area contributed by atoms with Crippen LogP contribution in [0.15, 0.2) is 48.7 Å². The van der Waals surface area contributed by atoms with Crippen LogP contribution in [-0.2, 0) is 4.74 Å². The molecule has 0 saturated carbocycles. The van der Waals surface area contributed by atoms with Gasteiger partial charge in [0.1, 0.15) is 0 Å². The Kier molecular flexibility index (Phi) is 7.02. The predicted octanol–water partition coefficient (Wildman–Crippen LogP) is 6.58. The molecule has 0 aliphatic heterocycles. The van der Waals surface area contributed by atoms with Crippen molar-refractivity contribution in [1.29, 1.82) is 0 Å². The fourth-order valence-electron chi connectivity index (χ4n) is 2.65. The zero-order chi connectivity index (χ0) is 15.6. The van der Waals surface area contributed by atoms with E-state index >= 15 is 0 Å². The van der Waals surface area contributed by atoms with Crippen molar-refractivity contribution in [2.24, 2.45) is 0 Å². The molecule has 118 valence electrons. The molecule has 0 N–H and O–H groups in total. The summed E-state index contributed by atoms with van der Waals surface area (Å²) in [6, 6.07) is 15.0. The Morgan fingerprint density at radius 1 is 0.909 bits per heavy atom. The second kappa shape index (κ2) is 9.30. The maximum absolute atomic E-state index is 5.71. The minimum atomic E-state index is 0.830. The summed E-state index contributed by atoms with van der Waals surface area (Å²) < 4.78 is 5.71. The van der Waals surface area contributed by atoms with Crippen molar-refractivity contribution in [2.45, 2.75) is 52.4 Å². The zero-order valence-corrected chi connectivity index (χ0v) is 14.0. The third-order valence-electron chi connectivity index (χ3n) is 4.08. The van der Waals surface area contributed by atoms with Crippen LogP contribution in [0.1, 0.15) is 57.9 Å². The first kappa shape index (κ1) is 16.6. The lowest BCUT2D eigenvalue weighted by Gasteiger charge is -2.06. The third kappa shape index (κ3) is 5.22. The quantitative estimate of drug-likeness (QED) is 0.375. The first-order valence-electron chi connectivity index (χ1n) is 8.59. The molecule has 1 nitrogen and oxygen atoms in total. The van der Waals surface area contributed by atoms with E-state index in [1.165, 1.54) is 54.0 Å². The predicted molar refractivity (Wildman–Crippen MR) is 96.9 cm³/mol. The van der Waals surface area contributed by atoms with Crippen LogP contribution >= 0.6 is 0 Å². The van der Waals surface area contributed by atoms with Gasteiger partial charge in [0.25, 0.3) is 0 Å². The minimum absolute atomic E-state index is 0.830. The molecule has 0 bridgehead atoms. The van der Waals surface area contributed by atoms with E-state index in [2.05, 4.69) is 56.3 Å². The highest BCUT2D eigenvalue weighted by molar-refractivity contribution is 5.85. The van der Waals surface area contributed by atoms with Gasteiger partial charge in [-0.25, -0.2) is 0 Å². The maximum atomic E-state index is 5.71. The number of unbranched alkanes of at least 4 members (excludes halogenated alkanes) is 5. The van der Waals surface area contributed by atoms with Crippen molar-refractivity contribution < 1.29 is 4.74 Å². The Bertz CT molecular complexity index is 598. The van der Waals surface area contributed by atoms with Gasteiger partial charge in [-0.05, 0) is 41.3 Å². The monoisotopic (exact) mass is 296 g/mol. The molecule has 0 heterocycles. The Morgan fingerprint density at radius 2 is 1.64 bits per heavy atom. The molecule has 0 atom stereocenters. The van der Waals surface area contributed by atoms with Crippen molar-refractivity contribution in [3.8, 4) is 0 Å². The first-order valence-corrected chi connectivity index (χ1v) is 8.59. The van der Waals surface area contributed by atoms with Gasteiger partial charge in [0.15, 0.2) is 0 Å². The van der Waals surface area contributed by atoms with Crippen molar-refractivity contribution in [2.75, 3.05) is 6.61 Å². The molecule has 0 radical (unpaired) electrons. The molecular formula is C21H28O. The van der Waals surface area contributed by atoms with Crippen molar-refractivity contribution in [1.82, 2.24) is 0 Å². The fraction of sp³-hybridized carbons (Fsp3) is 0.429. The molecule has 0 saturated heterocycles. The van der Waals surface area contributed by atoms with Gasteiger partial charge < -0.3 is 4.74 Å². The Balaban J connectivity index is 1.78. The molecule has 0 aliphatic carbocycles. The zero-order valence-electron chi connectivity index (χ0n) is 14.0. The van der Waals surface area contributed by atoms with Crippen LogP contribution in [0.4, 0.5) is 0 Å². The highest BCUT2D eigenvalue weighted by atomic mass is 16.5. The summed E-state index contributed by atoms with van der Waals surface area (Å²) in [7, 11) is 0. The topological polar surface area (TPSA) is 9.23 Å². The number of fused-ring (bicyclic) bond motifs is 1. The number of benzene rings is 2. The van der Waals surface area contributed by atoms with Gasteiger partial charge >= 0.3 is 0 Å². The molecule has 0 fully saturated rings. The smallest absolute Gasteiger partial charge is 0.0873 e. The van der Waals surface area contributed by atoms with Crippen LogP contribution in [0.25, 0.3) is 16.3 Å². The summed E-state index contributed by atoms with van der Waals surface area (Å²) >= 11 is 0. The Hall–Kier alpha value is -1.76. The molecule has 1 heteroatoms. The first-order chi connectivity index (χ1) is 10.8. The largest absolute Gasteiger partial charge is 0.501 e. The summed E-state index contributed by atoms with van der Waals surface area (Å²) in [5, 5.41) is 2.57. The molecule has 2 rings (SSSR count). The normalized spacial score (nSPS) is 11.8. The highest BCUT2D eigenvalue weighted by Crippen LogP contribution is 2.21. The Labute approximate surface area is 135 Å². The van der Waals surface area contributed by atoms with Crippen LogP contribution < -0.4 is 0 Å². The van der Waals surface area contributed by atoms with E-state index in [9.17, 15) is 0 Å². The van der Waals surface area contributed by atoms with Gasteiger partial charge in [-0.2, -0.15) is 0 Å². The second-order valence-corrected chi connectivity index (χ2v) is 6.00. The molecule has 2 aromatic carbocycles. The molecule has 0 aliphatic rings. The van der Waals surface area contributed by atoms with Crippen LogP contribution in [0, 0.1) is 0 Å². The standard InChI is InChI=1S/C21H28O/c1-3-4-5-6-7-10-15-22-17-18(2)20-14-13-19-11-8-9-12-21(19)16-20/h8-9,11-14,16-17H,3-7,10,15H2,1-2H3/b18-17+. The molecular weight excluding hydrogens is 268 g/mol. The minimum Gasteiger partial charge on any atom is -0.501 e. The molecule has 0 spiro atoms. The SMILES string of the molecule is CCCCCCCCO/C=C(\C)c1ccc2ccccc2c1. The van der Waals surface area contributed by atoms with E-state index in [4.69, 9.17) is 4.74 Å². The van der Waals surface area contributed by atoms with E-state index in [1.54, 1.807) is 0 Å². The van der Waals surface area contributed by atoms with Crippen molar-refractivity contribution in [3.63, 3.8) is 0 Å². The lowest BCUT2D eigenvalue weighted by Crippen LogP contribution is -1.90. The Morgan fingerprint density at radius 3 is 2.45 bits per heavy atom. The average Bonchev–Trinajstić information content (AvgIpc) is 2.56. The van der Waals surface area contributed by atoms with E-state index in [1.807, 2.05) is 6.26 Å². The van der Waals surface area contributed by atoms with Crippen LogP contribution in [0.2, 0.25) is 0 Å². The van der Waals surface area contributed by atoms with Gasteiger partial charge in [-0.15, -0.1) is 0 Å². The highest BCUT2D eigenvalue weighted by Gasteiger charge is 1.98. The van der Waals surface area contributed by atoms with Gasteiger partial charge in [0, 0.05) is 0 Å². The van der Waals surface area contributed by atoms with Crippen molar-refractivity contribution in [3.05, 3.63) is 54.3 Å². The average molecular weight is 296 g/mol. The molecule has 0 unspecified atom stereocenters. The van der Waals surface area contributed by atoms with Crippen molar-refractivity contribution >= 4 is 16.3 Å². The van der Waals surface area contributed by atoms with Gasteiger partial charge in [-0.3, -0.25) is 0 Å². The summed E-state index contributed by atoms with van der Waals surface area (Å²) in [5.74, 6) is 0. The maximum Gasteiger partial charge on any atom is 0.0873 e. The third-order valence-corrected chi connectivity index (χ3v) is 4.08. The molecule has 0 aromatic heterocycles. The number of hydrogen-bond donors (Lipinski definition) is 0. The number of hydrogen-bond acceptors (Lipinski definition) is 1. The number of ether oxygens (including phenoxy) is 1.